The van der Waals surface area contributed by atoms with Gasteiger partial charge in [0.2, 0.25) is 0 Å². The van der Waals surface area contributed by atoms with E-state index in [4.69, 9.17) is 0 Å². The monoisotopic (exact) mass is 220 g/mol. The number of benzene rings is 1. The zero-order valence-corrected chi connectivity index (χ0v) is 11.2. The second kappa shape index (κ2) is 4.90. The molecule has 0 amide bonds. The SMILES string of the molecule is CCCC(C)c1cc(C(C)(C)C)ccc1O. The van der Waals surface area contributed by atoms with Crippen molar-refractivity contribution in [3.8, 4) is 5.75 Å². The lowest BCUT2D eigenvalue weighted by atomic mass is 9.84. The van der Waals surface area contributed by atoms with Gasteiger partial charge in [-0.05, 0) is 34.9 Å². The quantitative estimate of drug-likeness (QED) is 0.789. The molecule has 1 aromatic carbocycles. The molecule has 1 aromatic rings. The van der Waals surface area contributed by atoms with Crippen molar-refractivity contribution in [1.82, 2.24) is 0 Å². The van der Waals surface area contributed by atoms with Crippen molar-refractivity contribution in [2.24, 2.45) is 0 Å². The Balaban J connectivity index is 3.09. The standard InChI is InChI=1S/C15H24O/c1-6-7-11(2)13-10-12(15(3,4)5)8-9-14(13)16/h8-11,16H,6-7H2,1-5H3. The molecule has 0 saturated heterocycles. The number of phenolic OH excluding ortho intramolecular Hbond substituents is 1. The van der Waals surface area contributed by atoms with E-state index in [1.807, 2.05) is 12.1 Å². The maximum Gasteiger partial charge on any atom is 0.119 e. The second-order valence-corrected chi connectivity index (χ2v) is 5.71. The Morgan fingerprint density at radius 2 is 1.88 bits per heavy atom. The zero-order chi connectivity index (χ0) is 12.3. The van der Waals surface area contributed by atoms with Crippen LogP contribution in [-0.4, -0.2) is 5.11 Å². The third-order valence-corrected chi connectivity index (χ3v) is 3.15. The van der Waals surface area contributed by atoms with E-state index in [0.29, 0.717) is 11.7 Å². The number of hydrogen-bond acceptors (Lipinski definition) is 1. The van der Waals surface area contributed by atoms with Crippen LogP contribution in [0.1, 0.15) is 64.5 Å². The first-order chi connectivity index (χ1) is 7.36. The molecule has 16 heavy (non-hydrogen) atoms. The summed E-state index contributed by atoms with van der Waals surface area (Å²) in [6.07, 6.45) is 2.28. The largest absolute Gasteiger partial charge is 0.508 e. The van der Waals surface area contributed by atoms with E-state index in [2.05, 4.69) is 40.7 Å². The van der Waals surface area contributed by atoms with Crippen molar-refractivity contribution in [2.75, 3.05) is 0 Å². The van der Waals surface area contributed by atoms with Crippen LogP contribution >= 0.6 is 0 Å². The Morgan fingerprint density at radius 1 is 1.25 bits per heavy atom. The van der Waals surface area contributed by atoms with Gasteiger partial charge in [-0.25, -0.2) is 0 Å². The van der Waals surface area contributed by atoms with E-state index in [9.17, 15) is 5.11 Å². The first-order valence-electron chi connectivity index (χ1n) is 6.19. The number of phenols is 1. The Labute approximate surface area is 99.5 Å². The highest BCUT2D eigenvalue weighted by molar-refractivity contribution is 5.40. The van der Waals surface area contributed by atoms with E-state index in [-0.39, 0.29) is 5.41 Å². The average Bonchev–Trinajstić information content (AvgIpc) is 2.16. The molecule has 0 spiro atoms. The Bertz CT molecular complexity index is 347. The number of aromatic hydroxyl groups is 1. The Hall–Kier alpha value is -0.980. The van der Waals surface area contributed by atoms with Gasteiger partial charge in [0.1, 0.15) is 5.75 Å². The summed E-state index contributed by atoms with van der Waals surface area (Å²) in [6.45, 7) is 11.0. The molecule has 1 N–H and O–H groups in total. The summed E-state index contributed by atoms with van der Waals surface area (Å²) in [4.78, 5) is 0. The molecule has 90 valence electrons. The van der Waals surface area contributed by atoms with Crippen molar-refractivity contribution in [3.63, 3.8) is 0 Å². The summed E-state index contributed by atoms with van der Waals surface area (Å²) >= 11 is 0. The van der Waals surface area contributed by atoms with Crippen molar-refractivity contribution in [1.29, 1.82) is 0 Å². The molecule has 0 heterocycles. The molecular formula is C15H24O. The summed E-state index contributed by atoms with van der Waals surface area (Å²) in [5, 5.41) is 9.90. The third kappa shape index (κ3) is 3.01. The van der Waals surface area contributed by atoms with E-state index in [0.717, 1.165) is 18.4 Å². The first-order valence-corrected chi connectivity index (χ1v) is 6.19. The molecule has 0 aliphatic rings. The molecule has 0 fully saturated rings. The van der Waals surface area contributed by atoms with Crippen LogP contribution in [0.25, 0.3) is 0 Å². The van der Waals surface area contributed by atoms with Gasteiger partial charge < -0.3 is 5.11 Å². The van der Waals surface area contributed by atoms with Gasteiger partial charge in [0, 0.05) is 0 Å². The Kier molecular flexibility index (Phi) is 4.01. The first kappa shape index (κ1) is 13.1. The smallest absolute Gasteiger partial charge is 0.119 e. The number of hydrogen-bond donors (Lipinski definition) is 1. The van der Waals surface area contributed by atoms with Crippen LogP contribution in [0.3, 0.4) is 0 Å². The molecular weight excluding hydrogens is 196 g/mol. The molecule has 0 aromatic heterocycles. The van der Waals surface area contributed by atoms with Gasteiger partial charge in [-0.15, -0.1) is 0 Å². The lowest BCUT2D eigenvalue weighted by molar-refractivity contribution is 0.458. The Morgan fingerprint density at radius 3 is 2.38 bits per heavy atom. The highest BCUT2D eigenvalue weighted by Gasteiger charge is 2.17. The van der Waals surface area contributed by atoms with E-state index >= 15 is 0 Å². The number of rotatable bonds is 3. The molecule has 1 rings (SSSR count). The fourth-order valence-corrected chi connectivity index (χ4v) is 2.00. The predicted octanol–water partition coefficient (Wildman–Crippen LogP) is 4.59. The van der Waals surface area contributed by atoms with Gasteiger partial charge in [-0.2, -0.15) is 0 Å². The maximum absolute atomic E-state index is 9.90. The van der Waals surface area contributed by atoms with Gasteiger partial charge in [0.25, 0.3) is 0 Å². The van der Waals surface area contributed by atoms with Crippen LogP contribution in [-0.2, 0) is 5.41 Å². The zero-order valence-electron chi connectivity index (χ0n) is 11.2. The van der Waals surface area contributed by atoms with E-state index < -0.39 is 0 Å². The van der Waals surface area contributed by atoms with Crippen molar-refractivity contribution in [3.05, 3.63) is 29.3 Å². The fourth-order valence-electron chi connectivity index (χ4n) is 2.00. The maximum atomic E-state index is 9.90. The molecule has 0 bridgehead atoms. The van der Waals surface area contributed by atoms with Gasteiger partial charge in [0.05, 0.1) is 0 Å². The predicted molar refractivity (Wildman–Crippen MR) is 70.1 cm³/mol. The van der Waals surface area contributed by atoms with E-state index in [1.54, 1.807) is 0 Å². The molecule has 1 nitrogen and oxygen atoms in total. The minimum absolute atomic E-state index is 0.147. The molecule has 1 heteroatoms. The highest BCUT2D eigenvalue weighted by Crippen LogP contribution is 2.33. The van der Waals surface area contributed by atoms with Crippen molar-refractivity contribution >= 4 is 0 Å². The van der Waals surface area contributed by atoms with Crippen LogP contribution < -0.4 is 0 Å². The lowest BCUT2D eigenvalue weighted by Crippen LogP contribution is -2.11. The van der Waals surface area contributed by atoms with Crippen LogP contribution in [0.15, 0.2) is 18.2 Å². The highest BCUT2D eigenvalue weighted by atomic mass is 16.3. The molecule has 1 unspecified atom stereocenters. The van der Waals surface area contributed by atoms with Gasteiger partial charge in [-0.1, -0.05) is 53.2 Å². The topological polar surface area (TPSA) is 20.2 Å². The molecule has 1 atom stereocenters. The van der Waals surface area contributed by atoms with E-state index in [1.165, 1.54) is 5.56 Å². The minimum Gasteiger partial charge on any atom is -0.508 e. The average molecular weight is 220 g/mol. The molecule has 0 aliphatic carbocycles. The molecule has 0 saturated carbocycles. The summed E-state index contributed by atoms with van der Waals surface area (Å²) in [6, 6.07) is 6.02. The van der Waals surface area contributed by atoms with Crippen molar-refractivity contribution in [2.45, 2.75) is 58.8 Å². The fraction of sp³-hybridized carbons (Fsp3) is 0.600. The van der Waals surface area contributed by atoms with Crippen LogP contribution in [0.5, 0.6) is 5.75 Å². The summed E-state index contributed by atoms with van der Waals surface area (Å²) in [7, 11) is 0. The van der Waals surface area contributed by atoms with Crippen molar-refractivity contribution < 1.29 is 5.11 Å². The lowest BCUT2D eigenvalue weighted by Gasteiger charge is -2.22. The van der Waals surface area contributed by atoms with Crippen LogP contribution in [0.2, 0.25) is 0 Å². The summed E-state index contributed by atoms with van der Waals surface area (Å²) < 4.78 is 0. The van der Waals surface area contributed by atoms with Crippen LogP contribution in [0.4, 0.5) is 0 Å². The van der Waals surface area contributed by atoms with Gasteiger partial charge in [0.15, 0.2) is 0 Å². The van der Waals surface area contributed by atoms with Gasteiger partial charge in [-0.3, -0.25) is 0 Å². The molecule has 0 aliphatic heterocycles. The van der Waals surface area contributed by atoms with Gasteiger partial charge >= 0.3 is 0 Å². The third-order valence-electron chi connectivity index (χ3n) is 3.15. The summed E-state index contributed by atoms with van der Waals surface area (Å²) in [5.74, 6) is 0.876. The minimum atomic E-state index is 0.147. The van der Waals surface area contributed by atoms with Crippen LogP contribution in [0, 0.1) is 0 Å². The molecule has 0 radical (unpaired) electrons. The normalized spacial score (nSPS) is 13.8. The summed E-state index contributed by atoms with van der Waals surface area (Å²) in [5.41, 5.74) is 2.53. The second-order valence-electron chi connectivity index (χ2n) is 5.71.